The van der Waals surface area contributed by atoms with Crippen LogP contribution in [0.3, 0.4) is 0 Å². The van der Waals surface area contributed by atoms with E-state index in [1.807, 2.05) is 6.92 Å². The van der Waals surface area contributed by atoms with E-state index in [1.54, 1.807) is 30.6 Å². The van der Waals surface area contributed by atoms with Gasteiger partial charge in [-0.1, -0.05) is 19.1 Å². The molecule has 2 N–H and O–H groups in total. The molecule has 0 saturated heterocycles. The molecular weight excluding hydrogens is 269 g/mol. The van der Waals surface area contributed by atoms with E-state index in [1.165, 1.54) is 12.1 Å². The van der Waals surface area contributed by atoms with Crippen LogP contribution in [0.15, 0.2) is 42.7 Å². The second-order valence-corrected chi connectivity index (χ2v) is 4.66. The first kappa shape index (κ1) is 15.0. The van der Waals surface area contributed by atoms with Crippen molar-refractivity contribution in [2.45, 2.75) is 19.9 Å². The summed E-state index contributed by atoms with van der Waals surface area (Å²) in [6.07, 6.45) is 4.17. The van der Waals surface area contributed by atoms with Gasteiger partial charge >= 0.3 is 0 Å². The molecular formula is C16H18FN3O. The van der Waals surface area contributed by atoms with E-state index < -0.39 is 0 Å². The van der Waals surface area contributed by atoms with Crippen molar-refractivity contribution in [1.29, 1.82) is 0 Å². The first-order valence-corrected chi connectivity index (χ1v) is 6.91. The van der Waals surface area contributed by atoms with Gasteiger partial charge in [0.15, 0.2) is 0 Å². The maximum Gasteiger partial charge on any atom is 0.253 e. The highest BCUT2D eigenvalue weighted by molar-refractivity contribution is 5.99. The van der Waals surface area contributed by atoms with Gasteiger partial charge in [0.2, 0.25) is 0 Å². The van der Waals surface area contributed by atoms with Crippen LogP contribution in [0.2, 0.25) is 0 Å². The zero-order valence-electron chi connectivity index (χ0n) is 11.9. The summed E-state index contributed by atoms with van der Waals surface area (Å²) in [5, 5.41) is 5.95. The first-order chi connectivity index (χ1) is 10.2. The number of nitrogens with one attached hydrogen (secondary N) is 2. The second kappa shape index (κ2) is 7.38. The lowest BCUT2D eigenvalue weighted by atomic mass is 10.2. The average Bonchev–Trinajstić information content (AvgIpc) is 2.51. The van der Waals surface area contributed by atoms with Crippen LogP contribution in [-0.4, -0.2) is 17.4 Å². The summed E-state index contributed by atoms with van der Waals surface area (Å²) < 4.78 is 13.1. The third kappa shape index (κ3) is 4.27. The molecule has 110 valence electrons. The van der Waals surface area contributed by atoms with Crippen LogP contribution >= 0.6 is 0 Å². The second-order valence-electron chi connectivity index (χ2n) is 4.66. The molecule has 5 heteroatoms. The topological polar surface area (TPSA) is 54.0 Å². The molecule has 0 atom stereocenters. The Labute approximate surface area is 123 Å². The van der Waals surface area contributed by atoms with Gasteiger partial charge in [0.1, 0.15) is 5.82 Å². The molecule has 0 fully saturated rings. The number of rotatable bonds is 6. The number of amides is 1. The number of halogens is 1. The molecule has 1 amide bonds. The van der Waals surface area contributed by atoms with Gasteiger partial charge in [-0.25, -0.2) is 4.39 Å². The smallest absolute Gasteiger partial charge is 0.253 e. The van der Waals surface area contributed by atoms with E-state index in [0.29, 0.717) is 11.3 Å². The van der Waals surface area contributed by atoms with Gasteiger partial charge in [-0.2, -0.15) is 0 Å². The quantitative estimate of drug-likeness (QED) is 0.859. The molecule has 0 spiro atoms. The van der Waals surface area contributed by atoms with Crippen molar-refractivity contribution in [2.75, 3.05) is 11.9 Å². The third-order valence-electron chi connectivity index (χ3n) is 2.97. The van der Waals surface area contributed by atoms with Crippen LogP contribution < -0.4 is 10.6 Å². The molecule has 1 aromatic carbocycles. The molecule has 21 heavy (non-hydrogen) atoms. The Morgan fingerprint density at radius 3 is 2.95 bits per heavy atom. The molecule has 2 aromatic rings. The fourth-order valence-corrected chi connectivity index (χ4v) is 1.92. The minimum atomic E-state index is -0.309. The van der Waals surface area contributed by atoms with Crippen molar-refractivity contribution < 1.29 is 9.18 Å². The number of hydrogen-bond donors (Lipinski definition) is 2. The van der Waals surface area contributed by atoms with Gasteiger partial charge in [0, 0.05) is 19.3 Å². The Balaban J connectivity index is 2.03. The Hall–Kier alpha value is -2.43. The number of carbonyl (C=O) groups is 1. The molecule has 0 aliphatic carbocycles. The minimum Gasteiger partial charge on any atom is -0.383 e. The van der Waals surface area contributed by atoms with Crippen molar-refractivity contribution in [3.63, 3.8) is 0 Å². The monoisotopic (exact) mass is 287 g/mol. The fraction of sp³-hybridized carbons (Fsp3) is 0.250. The molecule has 0 radical (unpaired) electrons. The van der Waals surface area contributed by atoms with E-state index in [9.17, 15) is 9.18 Å². The normalized spacial score (nSPS) is 10.2. The molecule has 4 nitrogen and oxygen atoms in total. The Morgan fingerprint density at radius 2 is 2.19 bits per heavy atom. The van der Waals surface area contributed by atoms with Crippen molar-refractivity contribution >= 4 is 11.6 Å². The maximum absolute atomic E-state index is 13.1. The summed E-state index contributed by atoms with van der Waals surface area (Å²) in [6, 6.07) is 7.84. The van der Waals surface area contributed by atoms with Gasteiger partial charge in [0.25, 0.3) is 5.91 Å². The summed E-state index contributed by atoms with van der Waals surface area (Å²) in [5.74, 6) is -0.517. The van der Waals surface area contributed by atoms with Gasteiger partial charge < -0.3 is 10.6 Å². The Kier molecular flexibility index (Phi) is 5.26. The minimum absolute atomic E-state index is 0.208. The maximum atomic E-state index is 13.1. The van der Waals surface area contributed by atoms with E-state index in [0.717, 1.165) is 18.5 Å². The summed E-state index contributed by atoms with van der Waals surface area (Å²) in [4.78, 5) is 16.2. The number of aromatic nitrogens is 1. The zero-order chi connectivity index (χ0) is 15.1. The van der Waals surface area contributed by atoms with Crippen LogP contribution in [0.25, 0.3) is 0 Å². The lowest BCUT2D eigenvalue weighted by Gasteiger charge is -2.11. The van der Waals surface area contributed by atoms with Crippen LogP contribution in [0, 0.1) is 5.82 Å². The van der Waals surface area contributed by atoms with Crippen molar-refractivity contribution in [3.8, 4) is 0 Å². The van der Waals surface area contributed by atoms with E-state index in [4.69, 9.17) is 0 Å². The number of nitrogens with zero attached hydrogens (tertiary/aromatic N) is 1. The largest absolute Gasteiger partial charge is 0.383 e. The summed E-state index contributed by atoms with van der Waals surface area (Å²) in [7, 11) is 0. The lowest BCUT2D eigenvalue weighted by molar-refractivity contribution is 0.0951. The van der Waals surface area contributed by atoms with Gasteiger partial charge in [-0.3, -0.25) is 9.78 Å². The number of benzene rings is 1. The Morgan fingerprint density at radius 1 is 1.33 bits per heavy atom. The van der Waals surface area contributed by atoms with Crippen molar-refractivity contribution in [1.82, 2.24) is 10.3 Å². The van der Waals surface area contributed by atoms with Crippen LogP contribution in [-0.2, 0) is 6.54 Å². The molecule has 1 aromatic heterocycles. The predicted molar refractivity (Wildman–Crippen MR) is 80.6 cm³/mol. The molecule has 2 rings (SSSR count). The Bertz CT molecular complexity index is 616. The summed E-state index contributed by atoms with van der Waals surface area (Å²) in [5.41, 5.74) is 1.96. The standard InChI is InChI=1S/C16H18FN3O/c1-2-7-19-15-11-18-8-6-14(15)16(21)20-10-12-4-3-5-13(17)9-12/h3-6,8-9,11,19H,2,7,10H2,1H3,(H,20,21). The van der Waals surface area contributed by atoms with E-state index in [2.05, 4.69) is 15.6 Å². The molecule has 0 aliphatic heterocycles. The van der Waals surface area contributed by atoms with E-state index in [-0.39, 0.29) is 18.3 Å². The number of anilines is 1. The third-order valence-corrected chi connectivity index (χ3v) is 2.97. The first-order valence-electron chi connectivity index (χ1n) is 6.91. The molecule has 0 bridgehead atoms. The van der Waals surface area contributed by atoms with Crippen molar-refractivity contribution in [3.05, 3.63) is 59.7 Å². The zero-order valence-corrected chi connectivity index (χ0v) is 11.9. The SMILES string of the molecule is CCCNc1cnccc1C(=O)NCc1cccc(F)c1. The lowest BCUT2D eigenvalue weighted by Crippen LogP contribution is -2.24. The molecule has 0 unspecified atom stereocenters. The van der Waals surface area contributed by atoms with Gasteiger partial charge in [-0.15, -0.1) is 0 Å². The van der Waals surface area contributed by atoms with Crippen LogP contribution in [0.4, 0.5) is 10.1 Å². The highest BCUT2D eigenvalue weighted by Gasteiger charge is 2.10. The van der Waals surface area contributed by atoms with Crippen LogP contribution in [0.5, 0.6) is 0 Å². The predicted octanol–water partition coefficient (Wildman–Crippen LogP) is 2.97. The van der Waals surface area contributed by atoms with Crippen molar-refractivity contribution in [2.24, 2.45) is 0 Å². The number of hydrogen-bond acceptors (Lipinski definition) is 3. The summed E-state index contributed by atoms with van der Waals surface area (Å²) in [6.45, 7) is 3.11. The molecule has 0 aliphatic rings. The summed E-state index contributed by atoms with van der Waals surface area (Å²) >= 11 is 0. The molecule has 1 heterocycles. The highest BCUT2D eigenvalue weighted by Crippen LogP contribution is 2.13. The van der Waals surface area contributed by atoms with Gasteiger partial charge in [-0.05, 0) is 30.2 Å². The van der Waals surface area contributed by atoms with Gasteiger partial charge in [0.05, 0.1) is 17.4 Å². The van der Waals surface area contributed by atoms with Crippen LogP contribution in [0.1, 0.15) is 29.3 Å². The fourth-order valence-electron chi connectivity index (χ4n) is 1.92. The number of pyridine rings is 1. The highest BCUT2D eigenvalue weighted by atomic mass is 19.1. The van der Waals surface area contributed by atoms with E-state index >= 15 is 0 Å². The number of carbonyl (C=O) groups excluding carboxylic acids is 1. The average molecular weight is 287 g/mol. The molecule has 0 saturated carbocycles.